The molecule has 0 saturated heterocycles. The maximum absolute atomic E-state index is 12.0. The average Bonchev–Trinajstić information content (AvgIpc) is 3.55. The van der Waals surface area contributed by atoms with Gasteiger partial charge in [-0.25, -0.2) is 15.0 Å². The van der Waals surface area contributed by atoms with Crippen LogP contribution in [-0.4, -0.2) is 35.6 Å². The minimum atomic E-state index is -0.278. The van der Waals surface area contributed by atoms with E-state index in [0.717, 1.165) is 46.2 Å². The molecular weight excluding hydrogens is 468 g/mol. The molecule has 1 aliphatic carbocycles. The molecule has 1 saturated carbocycles. The van der Waals surface area contributed by atoms with Gasteiger partial charge in [0.15, 0.2) is 0 Å². The van der Waals surface area contributed by atoms with Crippen LogP contribution in [0.5, 0.6) is 0 Å². The lowest BCUT2D eigenvalue weighted by Crippen LogP contribution is -2.12. The predicted molar refractivity (Wildman–Crippen MR) is 140 cm³/mol. The SMILES string of the molecule is C=C(C)C(=O)Nc1ccc(-c2c(-c3ccc(-c4noc(C5CC5)n4)cc3)c3c(N)ncnc3n2C)cn1. The molecule has 0 bridgehead atoms. The Morgan fingerprint density at radius 2 is 1.81 bits per heavy atom. The van der Waals surface area contributed by atoms with Gasteiger partial charge in [-0.2, -0.15) is 4.98 Å². The van der Waals surface area contributed by atoms with Crippen LogP contribution in [0.3, 0.4) is 0 Å². The first kappa shape index (κ1) is 22.6. The van der Waals surface area contributed by atoms with E-state index in [9.17, 15) is 4.79 Å². The second-order valence-electron chi connectivity index (χ2n) is 9.21. The topological polar surface area (TPSA) is 138 Å². The van der Waals surface area contributed by atoms with Gasteiger partial charge in [-0.1, -0.05) is 36.0 Å². The quantitative estimate of drug-likeness (QED) is 0.325. The number of amides is 1. The number of fused-ring (bicyclic) bond motifs is 1. The molecule has 0 radical (unpaired) electrons. The highest BCUT2D eigenvalue weighted by atomic mass is 16.5. The van der Waals surface area contributed by atoms with E-state index in [1.54, 1.807) is 19.2 Å². The number of pyridine rings is 1. The molecule has 37 heavy (non-hydrogen) atoms. The van der Waals surface area contributed by atoms with E-state index in [1.165, 1.54) is 6.33 Å². The summed E-state index contributed by atoms with van der Waals surface area (Å²) in [6.07, 6.45) is 5.37. The Balaban J connectivity index is 1.43. The van der Waals surface area contributed by atoms with Crippen molar-refractivity contribution in [3.63, 3.8) is 0 Å². The Bertz CT molecular complexity index is 1660. The summed E-state index contributed by atoms with van der Waals surface area (Å²) in [5, 5.41) is 7.63. The fraction of sp³-hybridized carbons (Fsp3) is 0.185. The Hall–Kier alpha value is -4.86. The number of nitrogens with one attached hydrogen (secondary N) is 1. The molecule has 1 fully saturated rings. The number of hydrogen-bond donors (Lipinski definition) is 2. The van der Waals surface area contributed by atoms with Crippen molar-refractivity contribution in [1.82, 2.24) is 29.7 Å². The summed E-state index contributed by atoms with van der Waals surface area (Å²) in [7, 11) is 1.93. The van der Waals surface area contributed by atoms with Gasteiger partial charge in [0.2, 0.25) is 11.7 Å². The monoisotopic (exact) mass is 492 g/mol. The normalized spacial score (nSPS) is 13.1. The van der Waals surface area contributed by atoms with Crippen LogP contribution in [0.25, 0.3) is 44.8 Å². The minimum absolute atomic E-state index is 0.278. The molecule has 0 spiro atoms. The molecule has 0 aliphatic heterocycles. The molecule has 4 aromatic heterocycles. The number of rotatable bonds is 6. The summed E-state index contributed by atoms with van der Waals surface area (Å²) in [4.78, 5) is 29.7. The first-order chi connectivity index (χ1) is 17.9. The van der Waals surface area contributed by atoms with Crippen molar-refractivity contribution < 1.29 is 9.32 Å². The van der Waals surface area contributed by atoms with Gasteiger partial charge >= 0.3 is 0 Å². The smallest absolute Gasteiger partial charge is 0.251 e. The number of nitrogen functional groups attached to an aromatic ring is 1. The van der Waals surface area contributed by atoms with Crippen LogP contribution in [-0.2, 0) is 11.8 Å². The van der Waals surface area contributed by atoms with Crippen molar-refractivity contribution >= 4 is 28.6 Å². The molecule has 0 unspecified atom stereocenters. The fourth-order valence-corrected chi connectivity index (χ4v) is 4.36. The van der Waals surface area contributed by atoms with Crippen LogP contribution >= 0.6 is 0 Å². The number of aromatic nitrogens is 6. The number of aryl methyl sites for hydroxylation is 1. The van der Waals surface area contributed by atoms with E-state index in [1.807, 2.05) is 41.9 Å². The van der Waals surface area contributed by atoms with Gasteiger partial charge in [0.05, 0.1) is 11.1 Å². The second-order valence-corrected chi connectivity index (χ2v) is 9.21. The van der Waals surface area contributed by atoms with Crippen molar-refractivity contribution in [1.29, 1.82) is 0 Å². The maximum atomic E-state index is 12.0. The lowest BCUT2D eigenvalue weighted by molar-refractivity contribution is -0.112. The highest BCUT2D eigenvalue weighted by Gasteiger charge is 2.30. The summed E-state index contributed by atoms with van der Waals surface area (Å²) in [6.45, 7) is 5.31. The third kappa shape index (κ3) is 4.02. The summed E-state index contributed by atoms with van der Waals surface area (Å²) >= 11 is 0. The van der Waals surface area contributed by atoms with E-state index in [4.69, 9.17) is 10.3 Å². The van der Waals surface area contributed by atoms with Crippen molar-refractivity contribution in [2.75, 3.05) is 11.1 Å². The van der Waals surface area contributed by atoms with E-state index in [0.29, 0.717) is 40.5 Å². The fourth-order valence-electron chi connectivity index (χ4n) is 4.36. The van der Waals surface area contributed by atoms with Gasteiger partial charge in [-0.05, 0) is 37.5 Å². The van der Waals surface area contributed by atoms with Crippen LogP contribution < -0.4 is 11.1 Å². The maximum Gasteiger partial charge on any atom is 0.251 e. The van der Waals surface area contributed by atoms with E-state index in [2.05, 4.69) is 37.0 Å². The van der Waals surface area contributed by atoms with E-state index >= 15 is 0 Å². The molecular formula is C27H24N8O2. The zero-order valence-corrected chi connectivity index (χ0v) is 20.4. The third-order valence-corrected chi connectivity index (χ3v) is 6.46. The molecule has 1 amide bonds. The van der Waals surface area contributed by atoms with Crippen LogP contribution in [0.4, 0.5) is 11.6 Å². The van der Waals surface area contributed by atoms with Crippen molar-refractivity contribution in [3.8, 4) is 33.8 Å². The molecule has 10 heteroatoms. The Labute approximate surface area is 212 Å². The first-order valence-electron chi connectivity index (χ1n) is 11.9. The van der Waals surface area contributed by atoms with Crippen LogP contribution in [0.1, 0.15) is 31.6 Å². The second kappa shape index (κ2) is 8.66. The van der Waals surface area contributed by atoms with Gasteiger partial charge in [0, 0.05) is 41.4 Å². The number of nitrogens with two attached hydrogens (primary N) is 1. The lowest BCUT2D eigenvalue weighted by Gasteiger charge is -2.10. The molecule has 1 aromatic carbocycles. The molecule has 10 nitrogen and oxygen atoms in total. The largest absolute Gasteiger partial charge is 0.383 e. The van der Waals surface area contributed by atoms with Gasteiger partial charge in [0.1, 0.15) is 23.6 Å². The highest BCUT2D eigenvalue weighted by molar-refractivity contribution is 6.08. The summed E-state index contributed by atoms with van der Waals surface area (Å²) in [5.74, 6) is 2.22. The van der Waals surface area contributed by atoms with Gasteiger partial charge in [-0.15, -0.1) is 0 Å². The highest BCUT2D eigenvalue weighted by Crippen LogP contribution is 2.42. The molecule has 6 rings (SSSR count). The number of carbonyl (C=O) groups excluding carboxylic acids is 1. The van der Waals surface area contributed by atoms with Gasteiger partial charge in [-0.3, -0.25) is 4.79 Å². The van der Waals surface area contributed by atoms with Crippen LogP contribution in [0, 0.1) is 0 Å². The van der Waals surface area contributed by atoms with Crippen LogP contribution in [0.2, 0.25) is 0 Å². The molecule has 5 aromatic rings. The van der Waals surface area contributed by atoms with Gasteiger partial charge in [0.25, 0.3) is 5.91 Å². The average molecular weight is 493 g/mol. The van der Waals surface area contributed by atoms with E-state index in [-0.39, 0.29) is 5.91 Å². The molecule has 3 N–H and O–H groups in total. The lowest BCUT2D eigenvalue weighted by atomic mass is 9.98. The predicted octanol–water partition coefficient (Wildman–Crippen LogP) is 4.72. The molecule has 0 atom stereocenters. The summed E-state index contributed by atoms with van der Waals surface area (Å²) in [5.41, 5.74) is 11.8. The molecule has 4 heterocycles. The molecule has 184 valence electrons. The number of hydrogen-bond acceptors (Lipinski definition) is 8. The third-order valence-electron chi connectivity index (χ3n) is 6.46. The number of carbonyl (C=O) groups is 1. The molecule has 1 aliphatic rings. The number of nitrogens with zero attached hydrogens (tertiary/aromatic N) is 6. The van der Waals surface area contributed by atoms with Crippen molar-refractivity contribution in [3.05, 3.63) is 67.0 Å². The number of benzene rings is 1. The summed E-state index contributed by atoms with van der Waals surface area (Å²) < 4.78 is 7.40. The Kier molecular flexibility index (Phi) is 5.29. The zero-order chi connectivity index (χ0) is 25.7. The number of anilines is 2. The standard InChI is InChI=1S/C27H24N8O2/c1-14(2)26(36)32-19-11-10-18(12-29-19)22-20(21-23(28)30-13-31-25(21)35(22)3)15-4-6-16(7-5-15)24-33-27(37-34-24)17-8-9-17/h4-7,10-13,17H,1,8-9H2,2-3H3,(H2,28,30,31)(H,29,32,36). The Morgan fingerprint density at radius 3 is 2.49 bits per heavy atom. The summed E-state index contributed by atoms with van der Waals surface area (Å²) in [6, 6.07) is 11.6. The zero-order valence-electron chi connectivity index (χ0n) is 20.4. The minimum Gasteiger partial charge on any atom is -0.383 e. The first-order valence-corrected chi connectivity index (χ1v) is 11.9. The van der Waals surface area contributed by atoms with E-state index < -0.39 is 0 Å². The van der Waals surface area contributed by atoms with Crippen molar-refractivity contribution in [2.45, 2.75) is 25.7 Å². The van der Waals surface area contributed by atoms with Crippen LogP contribution in [0.15, 0.2) is 65.6 Å². The Morgan fingerprint density at radius 1 is 1.08 bits per heavy atom. The van der Waals surface area contributed by atoms with Crippen molar-refractivity contribution in [2.24, 2.45) is 7.05 Å². The van der Waals surface area contributed by atoms with Gasteiger partial charge < -0.3 is 20.1 Å².